The van der Waals surface area contributed by atoms with E-state index in [0.29, 0.717) is 11.3 Å². The molecule has 0 aliphatic rings. The second-order valence-electron chi connectivity index (χ2n) is 4.30. The summed E-state index contributed by atoms with van der Waals surface area (Å²) < 4.78 is 25.0. The van der Waals surface area contributed by atoms with E-state index in [9.17, 15) is 13.2 Å². The van der Waals surface area contributed by atoms with Crippen molar-refractivity contribution < 1.29 is 13.2 Å². The smallest absolute Gasteiger partial charge is 0.271 e. The fourth-order valence-electron chi connectivity index (χ4n) is 1.66. The van der Waals surface area contributed by atoms with E-state index in [4.69, 9.17) is 0 Å². The lowest BCUT2D eigenvalue weighted by molar-refractivity contribution is 0.0945. The summed E-state index contributed by atoms with van der Waals surface area (Å²) in [6, 6.07) is 6.83. The molecule has 21 heavy (non-hydrogen) atoms. The lowest BCUT2D eigenvalue weighted by Crippen LogP contribution is -2.24. The van der Waals surface area contributed by atoms with E-state index in [-0.39, 0.29) is 18.1 Å². The second kappa shape index (κ2) is 6.31. The normalized spacial score (nSPS) is 10.9. The van der Waals surface area contributed by atoms with Gasteiger partial charge in [-0.2, -0.15) is 0 Å². The van der Waals surface area contributed by atoms with Crippen LogP contribution in [0.2, 0.25) is 0 Å². The Kier molecular flexibility index (Phi) is 4.49. The Bertz CT molecular complexity index is 732. The number of benzene rings is 1. The van der Waals surface area contributed by atoms with Crippen molar-refractivity contribution in [2.75, 3.05) is 11.0 Å². The fraction of sp³-hybridized carbons (Fsp3) is 0.154. The third kappa shape index (κ3) is 4.53. The van der Waals surface area contributed by atoms with Crippen molar-refractivity contribution in [1.82, 2.24) is 15.3 Å². The van der Waals surface area contributed by atoms with Crippen LogP contribution >= 0.6 is 0 Å². The molecule has 0 unspecified atom stereocenters. The zero-order valence-corrected chi connectivity index (χ0v) is 12.1. The summed E-state index contributed by atoms with van der Waals surface area (Å²) in [4.78, 5) is 19.6. The van der Waals surface area contributed by atoms with E-state index < -0.39 is 10.0 Å². The molecule has 0 atom stereocenters. The molecule has 1 aromatic heterocycles. The second-order valence-corrected chi connectivity index (χ2v) is 6.05. The minimum Gasteiger partial charge on any atom is -0.346 e. The molecule has 1 heterocycles. The summed E-state index contributed by atoms with van der Waals surface area (Å²) >= 11 is 0. The van der Waals surface area contributed by atoms with Crippen LogP contribution < -0.4 is 10.0 Å². The van der Waals surface area contributed by atoms with E-state index >= 15 is 0 Å². The average molecular weight is 306 g/mol. The fourth-order valence-corrected chi connectivity index (χ4v) is 2.25. The summed E-state index contributed by atoms with van der Waals surface area (Å²) in [7, 11) is -3.38. The van der Waals surface area contributed by atoms with Crippen molar-refractivity contribution in [3.05, 3.63) is 54.1 Å². The van der Waals surface area contributed by atoms with Crippen LogP contribution in [-0.2, 0) is 16.6 Å². The number of carbonyl (C=O) groups is 1. The number of nitrogens with one attached hydrogen (secondary N) is 2. The Morgan fingerprint density at radius 3 is 2.67 bits per heavy atom. The summed E-state index contributed by atoms with van der Waals surface area (Å²) in [6.45, 7) is 0.175. The zero-order chi connectivity index (χ0) is 15.3. The molecule has 8 heteroatoms. The van der Waals surface area contributed by atoms with Gasteiger partial charge in [0.05, 0.1) is 18.1 Å². The molecule has 0 radical (unpaired) electrons. The van der Waals surface area contributed by atoms with Crippen LogP contribution in [0.1, 0.15) is 16.1 Å². The van der Waals surface area contributed by atoms with Gasteiger partial charge in [0.1, 0.15) is 5.69 Å². The number of hydrogen-bond donors (Lipinski definition) is 2. The van der Waals surface area contributed by atoms with Gasteiger partial charge in [-0.05, 0) is 11.6 Å². The van der Waals surface area contributed by atoms with E-state index in [1.807, 2.05) is 0 Å². The number of nitrogens with zero attached hydrogens (tertiary/aromatic N) is 2. The number of para-hydroxylation sites is 1. The SMILES string of the molecule is CS(=O)(=O)Nc1ccccc1CNC(=O)c1cnccn1. The standard InChI is InChI=1S/C13H14N4O3S/c1-21(19,20)17-11-5-3-2-4-10(11)8-16-13(18)12-9-14-6-7-15-12/h2-7,9,17H,8H2,1H3,(H,16,18). The number of rotatable bonds is 5. The van der Waals surface area contributed by atoms with Crippen molar-refractivity contribution >= 4 is 21.6 Å². The van der Waals surface area contributed by atoms with Gasteiger partial charge in [-0.1, -0.05) is 18.2 Å². The molecule has 0 bridgehead atoms. The molecule has 2 rings (SSSR count). The van der Waals surface area contributed by atoms with Crippen LogP contribution in [0.25, 0.3) is 0 Å². The monoisotopic (exact) mass is 306 g/mol. The molecule has 0 saturated carbocycles. The van der Waals surface area contributed by atoms with Gasteiger partial charge in [-0.15, -0.1) is 0 Å². The van der Waals surface area contributed by atoms with Crippen LogP contribution in [-0.4, -0.2) is 30.5 Å². The maximum absolute atomic E-state index is 11.9. The lowest BCUT2D eigenvalue weighted by Gasteiger charge is -2.11. The third-order valence-electron chi connectivity index (χ3n) is 2.55. The molecule has 2 aromatic rings. The molecule has 0 aliphatic carbocycles. The highest BCUT2D eigenvalue weighted by molar-refractivity contribution is 7.92. The largest absolute Gasteiger partial charge is 0.346 e. The molecular weight excluding hydrogens is 292 g/mol. The maximum Gasteiger partial charge on any atom is 0.271 e. The number of amides is 1. The van der Waals surface area contributed by atoms with Gasteiger partial charge in [-0.3, -0.25) is 14.5 Å². The predicted octanol–water partition coefficient (Wildman–Crippen LogP) is 0.778. The highest BCUT2D eigenvalue weighted by atomic mass is 32.2. The number of sulfonamides is 1. The first-order valence-corrected chi connectivity index (χ1v) is 7.95. The third-order valence-corrected chi connectivity index (χ3v) is 3.14. The topological polar surface area (TPSA) is 101 Å². The molecular formula is C13H14N4O3S. The molecule has 7 nitrogen and oxygen atoms in total. The van der Waals surface area contributed by atoms with Crippen LogP contribution in [0, 0.1) is 0 Å². The summed E-state index contributed by atoms with van der Waals surface area (Å²) in [6.07, 6.45) is 5.33. The van der Waals surface area contributed by atoms with Crippen molar-refractivity contribution in [3.8, 4) is 0 Å². The van der Waals surface area contributed by atoms with Crippen molar-refractivity contribution in [3.63, 3.8) is 0 Å². The molecule has 0 saturated heterocycles. The van der Waals surface area contributed by atoms with Crippen LogP contribution in [0.15, 0.2) is 42.9 Å². The molecule has 2 N–H and O–H groups in total. The Morgan fingerprint density at radius 1 is 1.24 bits per heavy atom. The highest BCUT2D eigenvalue weighted by Crippen LogP contribution is 2.16. The minimum atomic E-state index is -3.38. The Labute approximate surface area is 122 Å². The van der Waals surface area contributed by atoms with Gasteiger partial charge in [0, 0.05) is 18.9 Å². The van der Waals surface area contributed by atoms with Crippen molar-refractivity contribution in [1.29, 1.82) is 0 Å². The summed E-state index contributed by atoms with van der Waals surface area (Å²) in [5.41, 5.74) is 1.28. The summed E-state index contributed by atoms with van der Waals surface area (Å²) in [5.74, 6) is -0.378. The molecule has 110 valence electrons. The first kappa shape index (κ1) is 14.9. The number of carbonyl (C=O) groups excluding carboxylic acids is 1. The lowest BCUT2D eigenvalue weighted by atomic mass is 10.2. The van der Waals surface area contributed by atoms with Gasteiger partial charge < -0.3 is 5.32 Å². The van der Waals surface area contributed by atoms with E-state index in [2.05, 4.69) is 20.0 Å². The number of anilines is 1. The molecule has 0 fully saturated rings. The van der Waals surface area contributed by atoms with Gasteiger partial charge >= 0.3 is 0 Å². The maximum atomic E-state index is 11.9. The zero-order valence-electron chi connectivity index (χ0n) is 11.3. The Morgan fingerprint density at radius 2 is 2.00 bits per heavy atom. The van der Waals surface area contributed by atoms with Gasteiger partial charge in [-0.25, -0.2) is 13.4 Å². The number of aromatic nitrogens is 2. The first-order chi connectivity index (χ1) is 9.96. The first-order valence-electron chi connectivity index (χ1n) is 6.05. The number of hydrogen-bond acceptors (Lipinski definition) is 5. The quantitative estimate of drug-likeness (QED) is 0.850. The van der Waals surface area contributed by atoms with Crippen molar-refractivity contribution in [2.45, 2.75) is 6.54 Å². The van der Waals surface area contributed by atoms with E-state index in [1.54, 1.807) is 24.3 Å². The molecule has 1 amide bonds. The van der Waals surface area contributed by atoms with Gasteiger partial charge in [0.15, 0.2) is 0 Å². The highest BCUT2D eigenvalue weighted by Gasteiger charge is 2.10. The van der Waals surface area contributed by atoms with Crippen LogP contribution in [0.5, 0.6) is 0 Å². The Balaban J connectivity index is 2.09. The molecule has 0 spiro atoms. The van der Waals surface area contributed by atoms with E-state index in [1.165, 1.54) is 18.6 Å². The van der Waals surface area contributed by atoms with Gasteiger partial charge in [0.2, 0.25) is 10.0 Å². The van der Waals surface area contributed by atoms with Crippen LogP contribution in [0.3, 0.4) is 0 Å². The Hall–Kier alpha value is -2.48. The van der Waals surface area contributed by atoms with E-state index in [0.717, 1.165) is 6.26 Å². The minimum absolute atomic E-state index is 0.175. The average Bonchev–Trinajstić information content (AvgIpc) is 2.45. The predicted molar refractivity (Wildman–Crippen MR) is 78.1 cm³/mol. The van der Waals surface area contributed by atoms with Gasteiger partial charge in [0.25, 0.3) is 5.91 Å². The molecule has 1 aromatic carbocycles. The molecule has 0 aliphatic heterocycles. The van der Waals surface area contributed by atoms with Crippen molar-refractivity contribution in [2.24, 2.45) is 0 Å². The summed E-state index contributed by atoms with van der Waals surface area (Å²) in [5, 5.41) is 2.67. The van der Waals surface area contributed by atoms with Crippen LogP contribution in [0.4, 0.5) is 5.69 Å².